The normalized spacial score (nSPS) is 19.8. The van der Waals surface area contributed by atoms with Gasteiger partial charge in [-0.15, -0.1) is 0 Å². The van der Waals surface area contributed by atoms with Crippen LogP contribution in [-0.2, 0) is 23.9 Å². The highest BCUT2D eigenvalue weighted by molar-refractivity contribution is 6.02. The fraction of sp³-hybridized carbons (Fsp3) is 0.481. The minimum atomic E-state index is -4.42. The molecule has 4 rings (SSSR count). The van der Waals surface area contributed by atoms with Crippen LogP contribution in [0, 0.1) is 5.92 Å². The van der Waals surface area contributed by atoms with E-state index < -0.39 is 24.4 Å². The van der Waals surface area contributed by atoms with E-state index in [4.69, 9.17) is 5.11 Å². The number of nitrogens with one attached hydrogen (secondary N) is 1. The smallest absolute Gasteiger partial charge is 0.416 e. The lowest BCUT2D eigenvalue weighted by Crippen LogP contribution is -2.38. The maximum absolute atomic E-state index is 13.4. The van der Waals surface area contributed by atoms with Crippen molar-refractivity contribution in [1.29, 1.82) is 0 Å². The first kappa shape index (κ1) is 26.8. The fourth-order valence-electron chi connectivity index (χ4n) is 5.35. The largest absolute Gasteiger partial charge is 0.481 e. The van der Waals surface area contributed by atoms with Crippen molar-refractivity contribution in [3.05, 3.63) is 58.8 Å². The van der Waals surface area contributed by atoms with Gasteiger partial charge in [0, 0.05) is 37.8 Å². The number of hydrogen-bond acceptors (Lipinski definition) is 3. The summed E-state index contributed by atoms with van der Waals surface area (Å²) < 4.78 is 54.0. The predicted octanol–water partition coefficient (Wildman–Crippen LogP) is 5.32. The summed E-state index contributed by atoms with van der Waals surface area (Å²) in [4.78, 5) is 26.4. The van der Waals surface area contributed by atoms with E-state index in [0.29, 0.717) is 48.3 Å². The Balaban J connectivity index is 1.57. The van der Waals surface area contributed by atoms with Crippen LogP contribution in [0.1, 0.15) is 59.2 Å². The Hall–Kier alpha value is -3.30. The summed E-state index contributed by atoms with van der Waals surface area (Å²) in [7, 11) is 1.85. The number of likely N-dealkylation sites (N-methyl/N-ethyl adjacent to an activating group) is 1. The van der Waals surface area contributed by atoms with Gasteiger partial charge in [-0.25, -0.2) is 4.39 Å². The topological polar surface area (TPSA) is 74.6 Å². The molecule has 10 heteroatoms. The Morgan fingerprint density at radius 2 is 1.78 bits per heavy atom. The number of benzene rings is 1. The van der Waals surface area contributed by atoms with E-state index in [0.717, 1.165) is 30.5 Å². The number of carboxylic acid groups (broad SMARTS) is 1. The van der Waals surface area contributed by atoms with Gasteiger partial charge in [0.1, 0.15) is 12.5 Å². The lowest BCUT2D eigenvalue weighted by atomic mass is 9.84. The van der Waals surface area contributed by atoms with Crippen LogP contribution in [0.5, 0.6) is 0 Å². The van der Waals surface area contributed by atoms with E-state index in [9.17, 15) is 27.2 Å². The van der Waals surface area contributed by atoms with Crippen LogP contribution in [0.4, 0.5) is 23.4 Å². The number of aryl methyl sites for hydroxylation is 1. The number of carbonyl (C=O) groups is 2. The van der Waals surface area contributed by atoms with Gasteiger partial charge in [0.25, 0.3) is 5.91 Å². The molecule has 0 bridgehead atoms. The molecule has 1 amide bonds. The third-order valence-corrected chi connectivity index (χ3v) is 7.24. The summed E-state index contributed by atoms with van der Waals surface area (Å²) in [6.07, 6.45) is 2.46. The molecule has 200 valence electrons. The molecule has 0 radical (unpaired) electrons. The standard InChI is InChI=1S/C27H31F4N3O3/c1-33-12-10-19(14-17-2-6-20(7-3-17)27(29,30)31)24-22(16-34(13-11-28)26(24)33)25(37)32-21-8-4-18(5-9-21)15-23(35)36/h2-3,6-7,10,16,18,21H,4-5,8-9,11-15H2,1H3,(H,32,37)(H,35,36). The van der Waals surface area contributed by atoms with E-state index in [1.165, 1.54) is 12.1 Å². The molecule has 37 heavy (non-hydrogen) atoms. The summed E-state index contributed by atoms with van der Waals surface area (Å²) in [5.41, 5.74) is 1.83. The summed E-state index contributed by atoms with van der Waals surface area (Å²) in [5.74, 6) is -0.290. The van der Waals surface area contributed by atoms with Crippen LogP contribution in [0.25, 0.3) is 5.57 Å². The molecule has 0 atom stereocenters. The lowest BCUT2D eigenvalue weighted by molar-refractivity contribution is -0.139. The number of anilines is 1. The number of hydrogen-bond donors (Lipinski definition) is 2. The van der Waals surface area contributed by atoms with Crippen LogP contribution >= 0.6 is 0 Å². The minimum Gasteiger partial charge on any atom is -0.481 e. The first-order valence-electron chi connectivity index (χ1n) is 12.4. The number of amides is 1. The highest BCUT2D eigenvalue weighted by Gasteiger charge is 2.32. The maximum Gasteiger partial charge on any atom is 0.416 e. The average Bonchev–Trinajstić information content (AvgIpc) is 3.22. The van der Waals surface area contributed by atoms with E-state index in [1.807, 2.05) is 18.0 Å². The molecule has 1 aliphatic carbocycles. The number of carboxylic acids is 1. The van der Waals surface area contributed by atoms with Gasteiger partial charge >= 0.3 is 12.1 Å². The van der Waals surface area contributed by atoms with Gasteiger partial charge < -0.3 is 19.9 Å². The second-order valence-corrected chi connectivity index (χ2v) is 9.89. The van der Waals surface area contributed by atoms with Crippen LogP contribution < -0.4 is 10.2 Å². The van der Waals surface area contributed by atoms with Gasteiger partial charge in [-0.2, -0.15) is 13.2 Å². The Morgan fingerprint density at radius 3 is 2.38 bits per heavy atom. The van der Waals surface area contributed by atoms with Gasteiger partial charge in [0.05, 0.1) is 17.7 Å². The lowest BCUT2D eigenvalue weighted by Gasteiger charge is -2.29. The zero-order chi connectivity index (χ0) is 26.7. The van der Waals surface area contributed by atoms with Crippen molar-refractivity contribution >= 4 is 23.3 Å². The van der Waals surface area contributed by atoms with Crippen LogP contribution in [0.15, 0.2) is 36.5 Å². The molecule has 1 aromatic heterocycles. The number of fused-ring (bicyclic) bond motifs is 1. The van der Waals surface area contributed by atoms with Crippen LogP contribution in [-0.4, -0.2) is 47.9 Å². The number of aliphatic carboxylic acids is 1. The number of allylic oxidation sites excluding steroid dienone is 1. The summed E-state index contributed by atoms with van der Waals surface area (Å²) in [6.45, 7) is -0.0106. The van der Waals surface area contributed by atoms with Crippen molar-refractivity contribution < 1.29 is 32.3 Å². The second kappa shape index (κ2) is 11.0. The second-order valence-electron chi connectivity index (χ2n) is 9.89. The van der Waals surface area contributed by atoms with Crippen molar-refractivity contribution in [1.82, 2.24) is 9.88 Å². The van der Waals surface area contributed by atoms with Crippen molar-refractivity contribution in [2.75, 3.05) is 25.2 Å². The van der Waals surface area contributed by atoms with Crippen LogP contribution in [0.3, 0.4) is 0 Å². The Kier molecular flexibility index (Phi) is 7.94. The zero-order valence-electron chi connectivity index (χ0n) is 20.7. The number of rotatable bonds is 8. The minimum absolute atomic E-state index is 0.0772. The van der Waals surface area contributed by atoms with E-state index >= 15 is 0 Å². The third-order valence-electron chi connectivity index (χ3n) is 7.24. The zero-order valence-corrected chi connectivity index (χ0v) is 20.7. The highest BCUT2D eigenvalue weighted by Crippen LogP contribution is 2.38. The molecular weight excluding hydrogens is 490 g/mol. The molecule has 2 N–H and O–H groups in total. The maximum atomic E-state index is 13.4. The number of carbonyl (C=O) groups excluding carboxylic acids is 1. The quantitative estimate of drug-likeness (QED) is 0.462. The highest BCUT2D eigenvalue weighted by atomic mass is 19.4. The molecule has 1 saturated carbocycles. The summed E-state index contributed by atoms with van der Waals surface area (Å²) >= 11 is 0. The Bertz CT molecular complexity index is 1160. The van der Waals surface area contributed by atoms with Crippen molar-refractivity contribution in [3.8, 4) is 0 Å². The van der Waals surface area contributed by atoms with Crippen molar-refractivity contribution in [2.45, 2.75) is 57.3 Å². The molecule has 0 spiro atoms. The van der Waals surface area contributed by atoms with Gasteiger partial charge in [-0.05, 0) is 61.3 Å². The molecule has 6 nitrogen and oxygen atoms in total. The number of aromatic nitrogens is 1. The van der Waals surface area contributed by atoms with E-state index in [2.05, 4.69) is 5.32 Å². The fourth-order valence-corrected chi connectivity index (χ4v) is 5.35. The molecule has 2 aliphatic rings. The summed E-state index contributed by atoms with van der Waals surface area (Å²) in [5, 5.41) is 12.1. The Morgan fingerprint density at radius 1 is 1.11 bits per heavy atom. The first-order chi connectivity index (χ1) is 17.6. The van der Waals surface area contributed by atoms with Gasteiger partial charge in [-0.3, -0.25) is 9.59 Å². The van der Waals surface area contributed by atoms with E-state index in [1.54, 1.807) is 10.8 Å². The molecule has 1 fully saturated rings. The first-order valence-corrected chi connectivity index (χ1v) is 12.4. The molecule has 2 heterocycles. The number of nitrogens with zero attached hydrogens (tertiary/aromatic N) is 2. The number of alkyl halides is 4. The molecule has 1 aliphatic heterocycles. The molecule has 0 unspecified atom stereocenters. The molecule has 1 aromatic carbocycles. The SMILES string of the molecule is CN1CC=C(Cc2ccc(C(F)(F)F)cc2)c2c(C(=O)NC3CCC(CC(=O)O)CC3)cn(CCF)c21. The van der Waals surface area contributed by atoms with Gasteiger partial charge in [-0.1, -0.05) is 18.2 Å². The molecular formula is C27H31F4N3O3. The van der Waals surface area contributed by atoms with Gasteiger partial charge in [0.2, 0.25) is 0 Å². The monoisotopic (exact) mass is 521 g/mol. The van der Waals surface area contributed by atoms with E-state index in [-0.39, 0.29) is 30.8 Å². The molecule has 2 aromatic rings. The van der Waals surface area contributed by atoms with Crippen molar-refractivity contribution in [2.24, 2.45) is 5.92 Å². The Labute approximate surface area is 212 Å². The summed E-state index contributed by atoms with van der Waals surface area (Å²) in [6, 6.07) is 4.90. The van der Waals surface area contributed by atoms with Crippen molar-refractivity contribution in [3.63, 3.8) is 0 Å². The third kappa shape index (κ3) is 6.17. The molecule has 0 saturated heterocycles. The number of halogens is 4. The predicted molar refractivity (Wildman–Crippen MR) is 132 cm³/mol. The average molecular weight is 522 g/mol. The van der Waals surface area contributed by atoms with Gasteiger partial charge in [0.15, 0.2) is 0 Å². The van der Waals surface area contributed by atoms with Crippen LogP contribution in [0.2, 0.25) is 0 Å².